The van der Waals surface area contributed by atoms with E-state index in [-0.39, 0.29) is 11.6 Å². The summed E-state index contributed by atoms with van der Waals surface area (Å²) in [5.74, 6) is 0.782. The Morgan fingerprint density at radius 1 is 1.27 bits per heavy atom. The monoisotopic (exact) mass is 435 g/mol. The van der Waals surface area contributed by atoms with E-state index < -0.39 is 0 Å². The van der Waals surface area contributed by atoms with Gasteiger partial charge in [0.15, 0.2) is 0 Å². The average molecular weight is 435 g/mol. The SMILES string of the molecule is COC(c1ccc(I)cc1)C1(NCCCSO)CCCCC1. The van der Waals surface area contributed by atoms with Crippen molar-refractivity contribution in [3.05, 3.63) is 33.4 Å². The van der Waals surface area contributed by atoms with Crippen molar-refractivity contribution in [2.75, 3.05) is 19.4 Å². The summed E-state index contributed by atoms with van der Waals surface area (Å²) in [4.78, 5) is 0. The van der Waals surface area contributed by atoms with Gasteiger partial charge in [-0.3, -0.25) is 0 Å². The molecule has 1 saturated carbocycles. The van der Waals surface area contributed by atoms with E-state index in [0.29, 0.717) is 0 Å². The molecule has 0 heterocycles. The predicted octanol–water partition coefficient (Wildman–Crippen LogP) is 4.87. The smallest absolute Gasteiger partial charge is 0.100 e. The van der Waals surface area contributed by atoms with Crippen LogP contribution in [0.5, 0.6) is 0 Å². The third kappa shape index (κ3) is 4.84. The van der Waals surface area contributed by atoms with Crippen LogP contribution in [0.4, 0.5) is 0 Å². The Morgan fingerprint density at radius 2 is 1.95 bits per heavy atom. The van der Waals surface area contributed by atoms with Crippen molar-refractivity contribution in [1.82, 2.24) is 5.32 Å². The number of halogens is 1. The second-order valence-corrected chi connectivity index (χ2v) is 7.91. The summed E-state index contributed by atoms with van der Waals surface area (Å²) in [5.41, 5.74) is 1.29. The highest BCUT2D eigenvalue weighted by Gasteiger charge is 2.40. The molecule has 5 heteroatoms. The molecule has 0 radical (unpaired) electrons. The van der Waals surface area contributed by atoms with Crippen LogP contribution in [-0.2, 0) is 4.74 Å². The van der Waals surface area contributed by atoms with E-state index in [9.17, 15) is 0 Å². The van der Waals surface area contributed by atoms with Gasteiger partial charge < -0.3 is 14.6 Å². The minimum atomic E-state index is 0.0277. The normalized spacial score (nSPS) is 19.0. The quantitative estimate of drug-likeness (QED) is 0.348. The van der Waals surface area contributed by atoms with Crippen molar-refractivity contribution in [3.8, 4) is 0 Å². The number of benzene rings is 1. The molecule has 0 spiro atoms. The molecule has 0 aliphatic heterocycles. The molecule has 1 aromatic carbocycles. The number of rotatable bonds is 8. The fraction of sp³-hybridized carbons (Fsp3) is 0.647. The Kier molecular flexibility index (Phi) is 7.97. The standard InChI is InChI=1S/C17H26INO2S/c1-21-16(14-6-8-15(18)9-7-14)17(10-3-2-4-11-17)19-12-5-13-22-20/h6-9,16,19-20H,2-5,10-13H2,1H3. The Morgan fingerprint density at radius 3 is 2.55 bits per heavy atom. The molecule has 1 aromatic rings. The van der Waals surface area contributed by atoms with Gasteiger partial charge in [0.05, 0.1) is 0 Å². The van der Waals surface area contributed by atoms with E-state index in [1.54, 1.807) is 0 Å². The molecule has 0 aromatic heterocycles. The van der Waals surface area contributed by atoms with E-state index in [1.165, 1.54) is 28.4 Å². The van der Waals surface area contributed by atoms with E-state index in [2.05, 4.69) is 52.2 Å². The van der Waals surface area contributed by atoms with Gasteiger partial charge in [0, 0.05) is 22.0 Å². The maximum absolute atomic E-state index is 8.89. The van der Waals surface area contributed by atoms with Crippen LogP contribution in [0.15, 0.2) is 24.3 Å². The van der Waals surface area contributed by atoms with E-state index in [1.807, 2.05) is 7.11 Å². The first-order chi connectivity index (χ1) is 10.7. The largest absolute Gasteiger partial charge is 0.375 e. The fourth-order valence-electron chi connectivity index (χ4n) is 3.51. The lowest BCUT2D eigenvalue weighted by Crippen LogP contribution is -2.52. The van der Waals surface area contributed by atoms with Crippen LogP contribution in [0.2, 0.25) is 0 Å². The number of hydrogen-bond acceptors (Lipinski definition) is 4. The average Bonchev–Trinajstić information content (AvgIpc) is 2.55. The highest BCUT2D eigenvalue weighted by atomic mass is 127. The maximum atomic E-state index is 8.89. The Bertz CT molecular complexity index is 435. The second-order valence-electron chi connectivity index (χ2n) is 6.00. The summed E-state index contributed by atoms with van der Waals surface area (Å²) in [7, 11) is 1.82. The summed E-state index contributed by atoms with van der Waals surface area (Å²) in [6.07, 6.45) is 7.21. The van der Waals surface area contributed by atoms with Crippen LogP contribution in [-0.4, -0.2) is 29.5 Å². The summed E-state index contributed by atoms with van der Waals surface area (Å²) in [5, 5.41) is 3.78. The Labute approximate surface area is 151 Å². The molecule has 1 unspecified atom stereocenters. The lowest BCUT2D eigenvalue weighted by atomic mass is 9.75. The molecule has 0 bridgehead atoms. The topological polar surface area (TPSA) is 41.5 Å². The number of methoxy groups -OCH3 is 1. The summed E-state index contributed by atoms with van der Waals surface area (Å²) >= 11 is 3.27. The van der Waals surface area contributed by atoms with Crippen molar-refractivity contribution in [2.45, 2.75) is 50.2 Å². The van der Waals surface area contributed by atoms with Gasteiger partial charge in [0.1, 0.15) is 6.10 Å². The number of hydrogen-bond donors (Lipinski definition) is 2. The first-order valence-electron chi connectivity index (χ1n) is 8.01. The molecular weight excluding hydrogens is 409 g/mol. The minimum absolute atomic E-state index is 0.0277. The molecule has 2 rings (SSSR count). The zero-order valence-corrected chi connectivity index (χ0v) is 16.2. The van der Waals surface area contributed by atoms with Gasteiger partial charge >= 0.3 is 0 Å². The molecule has 1 aliphatic carbocycles. The molecule has 1 atom stereocenters. The second kappa shape index (κ2) is 9.47. The lowest BCUT2D eigenvalue weighted by molar-refractivity contribution is -0.00457. The fourth-order valence-corrected chi connectivity index (χ4v) is 4.14. The van der Waals surface area contributed by atoms with Crippen LogP contribution in [0.1, 0.15) is 50.2 Å². The van der Waals surface area contributed by atoms with Crippen LogP contribution in [0.3, 0.4) is 0 Å². The molecule has 0 saturated heterocycles. The van der Waals surface area contributed by atoms with Gasteiger partial charge in [-0.05, 0) is 78.1 Å². The minimum Gasteiger partial charge on any atom is -0.375 e. The molecule has 22 heavy (non-hydrogen) atoms. The first kappa shape index (κ1) is 18.5. The van der Waals surface area contributed by atoms with Gasteiger partial charge in [-0.15, -0.1) is 0 Å². The highest BCUT2D eigenvalue weighted by Crippen LogP contribution is 2.40. The van der Waals surface area contributed by atoms with Crippen molar-refractivity contribution >= 4 is 34.6 Å². The molecule has 1 aliphatic rings. The Hall–Kier alpha value is 0.180. The maximum Gasteiger partial charge on any atom is 0.100 e. The van der Waals surface area contributed by atoms with Gasteiger partial charge in [0.2, 0.25) is 0 Å². The van der Waals surface area contributed by atoms with Crippen LogP contribution < -0.4 is 5.32 Å². The van der Waals surface area contributed by atoms with Crippen molar-refractivity contribution in [2.24, 2.45) is 0 Å². The third-order valence-electron chi connectivity index (χ3n) is 4.55. The number of nitrogens with one attached hydrogen (secondary N) is 1. The molecule has 3 nitrogen and oxygen atoms in total. The van der Waals surface area contributed by atoms with Crippen molar-refractivity contribution in [1.29, 1.82) is 0 Å². The zero-order valence-electron chi connectivity index (χ0n) is 13.2. The van der Waals surface area contributed by atoms with Gasteiger partial charge in [-0.2, -0.15) is 0 Å². The Balaban J connectivity index is 2.15. The predicted molar refractivity (Wildman–Crippen MR) is 102 cm³/mol. The van der Waals surface area contributed by atoms with Crippen LogP contribution in [0, 0.1) is 3.57 Å². The zero-order chi connectivity index (χ0) is 15.8. The van der Waals surface area contributed by atoms with Crippen LogP contribution in [0.25, 0.3) is 0 Å². The van der Waals surface area contributed by atoms with E-state index >= 15 is 0 Å². The van der Waals surface area contributed by atoms with Gasteiger partial charge in [-0.1, -0.05) is 31.4 Å². The highest BCUT2D eigenvalue weighted by molar-refractivity contribution is 14.1. The van der Waals surface area contributed by atoms with E-state index in [4.69, 9.17) is 9.29 Å². The molecular formula is C17H26INO2S. The molecule has 2 N–H and O–H groups in total. The number of ether oxygens (including phenoxy) is 1. The van der Waals surface area contributed by atoms with Crippen LogP contribution >= 0.6 is 34.6 Å². The summed E-state index contributed by atoms with van der Waals surface area (Å²) in [6.45, 7) is 0.928. The van der Waals surface area contributed by atoms with E-state index in [0.717, 1.165) is 43.6 Å². The van der Waals surface area contributed by atoms with Gasteiger partial charge in [-0.25, -0.2) is 0 Å². The lowest BCUT2D eigenvalue weighted by Gasteiger charge is -2.44. The summed E-state index contributed by atoms with van der Waals surface area (Å²) in [6, 6.07) is 8.69. The molecule has 1 fully saturated rings. The first-order valence-corrected chi connectivity index (χ1v) is 10.0. The molecule has 124 valence electrons. The van der Waals surface area contributed by atoms with Crippen molar-refractivity contribution < 1.29 is 9.29 Å². The van der Waals surface area contributed by atoms with Gasteiger partial charge in [0.25, 0.3) is 0 Å². The third-order valence-corrected chi connectivity index (χ3v) is 5.74. The summed E-state index contributed by atoms with van der Waals surface area (Å²) < 4.78 is 16.1. The van der Waals surface area contributed by atoms with Crippen molar-refractivity contribution in [3.63, 3.8) is 0 Å². The molecule has 0 amide bonds.